The van der Waals surface area contributed by atoms with Crippen LogP contribution >= 0.6 is 11.6 Å². The summed E-state index contributed by atoms with van der Waals surface area (Å²) < 4.78 is 38.8. The molecular weight excluding hydrogens is 291 g/mol. The molecule has 0 N–H and O–H groups in total. The molecule has 2 nitrogen and oxygen atoms in total. The molecule has 0 atom stereocenters. The second-order valence-electron chi connectivity index (χ2n) is 4.88. The molecule has 20 heavy (non-hydrogen) atoms. The molecule has 1 fully saturated rings. The van der Waals surface area contributed by atoms with Gasteiger partial charge in [0.15, 0.2) is 0 Å². The molecule has 0 saturated heterocycles. The molecule has 6 heteroatoms. The molecule has 0 spiro atoms. The first-order chi connectivity index (χ1) is 9.38. The van der Waals surface area contributed by atoms with E-state index in [4.69, 9.17) is 16.4 Å². The monoisotopic (exact) mass is 305 g/mol. The predicted molar refractivity (Wildman–Crippen MR) is 72.0 cm³/mol. The van der Waals surface area contributed by atoms with Gasteiger partial charge in [-0.1, -0.05) is 16.8 Å². The first kappa shape index (κ1) is 15.2. The molecule has 0 bridgehead atoms. The van der Waals surface area contributed by atoms with Gasteiger partial charge in [0.25, 0.3) is 0 Å². The Morgan fingerprint density at radius 1 is 1.30 bits per heavy atom. The SMILES string of the molecule is C/C(=N\OC1CCCC1)c1cc(Cl)ccc1C(F)(F)F. The highest BCUT2D eigenvalue weighted by atomic mass is 35.5. The molecule has 1 aliphatic rings. The van der Waals surface area contributed by atoms with Crippen molar-refractivity contribution in [1.29, 1.82) is 0 Å². The molecule has 0 amide bonds. The minimum atomic E-state index is -4.44. The van der Waals surface area contributed by atoms with E-state index in [1.807, 2.05) is 0 Å². The zero-order valence-electron chi connectivity index (χ0n) is 11.0. The van der Waals surface area contributed by atoms with E-state index in [-0.39, 0.29) is 22.4 Å². The molecule has 1 aromatic rings. The quantitative estimate of drug-likeness (QED) is 0.566. The minimum absolute atomic E-state index is 0.0125. The highest BCUT2D eigenvalue weighted by molar-refractivity contribution is 6.31. The number of hydrogen-bond donors (Lipinski definition) is 0. The van der Waals surface area contributed by atoms with Crippen LogP contribution in [0.5, 0.6) is 0 Å². The molecule has 110 valence electrons. The Morgan fingerprint density at radius 2 is 1.95 bits per heavy atom. The number of oxime groups is 1. The van der Waals surface area contributed by atoms with Gasteiger partial charge in [0.05, 0.1) is 11.3 Å². The number of halogens is 4. The average molecular weight is 306 g/mol. The highest BCUT2D eigenvalue weighted by Crippen LogP contribution is 2.33. The molecule has 0 aliphatic heterocycles. The topological polar surface area (TPSA) is 21.6 Å². The molecule has 0 aromatic heterocycles. The Labute approximate surface area is 120 Å². The van der Waals surface area contributed by atoms with Gasteiger partial charge in [-0.3, -0.25) is 0 Å². The predicted octanol–water partition coefficient (Wildman–Crippen LogP) is 5.04. The third-order valence-corrected chi connectivity index (χ3v) is 3.55. The van der Waals surface area contributed by atoms with Crippen LogP contribution in [0.2, 0.25) is 5.02 Å². The van der Waals surface area contributed by atoms with E-state index in [0.717, 1.165) is 31.7 Å². The lowest BCUT2D eigenvalue weighted by molar-refractivity contribution is -0.137. The average Bonchev–Trinajstić information content (AvgIpc) is 2.87. The van der Waals surface area contributed by atoms with Crippen molar-refractivity contribution < 1.29 is 18.0 Å². The van der Waals surface area contributed by atoms with Crippen molar-refractivity contribution in [1.82, 2.24) is 0 Å². The normalized spacial score (nSPS) is 17.6. The van der Waals surface area contributed by atoms with Crippen LogP contribution in [0.25, 0.3) is 0 Å². The Balaban J connectivity index is 2.25. The van der Waals surface area contributed by atoms with E-state index in [9.17, 15) is 13.2 Å². The zero-order valence-corrected chi connectivity index (χ0v) is 11.8. The van der Waals surface area contributed by atoms with E-state index in [2.05, 4.69) is 5.16 Å². The zero-order chi connectivity index (χ0) is 14.8. The Morgan fingerprint density at radius 3 is 2.55 bits per heavy atom. The molecule has 1 saturated carbocycles. The first-order valence-electron chi connectivity index (χ1n) is 6.45. The number of rotatable bonds is 3. The number of benzene rings is 1. The molecular formula is C14H15ClF3NO. The van der Waals surface area contributed by atoms with E-state index in [1.165, 1.54) is 19.1 Å². The van der Waals surface area contributed by atoms with Gasteiger partial charge in [-0.2, -0.15) is 13.2 Å². The Hall–Kier alpha value is -1.23. The summed E-state index contributed by atoms with van der Waals surface area (Å²) in [6.45, 7) is 1.50. The maximum absolute atomic E-state index is 12.9. The summed E-state index contributed by atoms with van der Waals surface area (Å²) >= 11 is 5.78. The maximum atomic E-state index is 12.9. The second-order valence-corrected chi connectivity index (χ2v) is 5.31. The fourth-order valence-electron chi connectivity index (χ4n) is 2.26. The van der Waals surface area contributed by atoms with Crippen molar-refractivity contribution in [2.24, 2.45) is 5.16 Å². The van der Waals surface area contributed by atoms with Crippen LogP contribution in [0.1, 0.15) is 43.7 Å². The largest absolute Gasteiger partial charge is 0.417 e. The summed E-state index contributed by atoms with van der Waals surface area (Å²) in [6.07, 6.45) is -0.478. The van der Waals surface area contributed by atoms with E-state index < -0.39 is 11.7 Å². The number of hydrogen-bond acceptors (Lipinski definition) is 2. The van der Waals surface area contributed by atoms with Gasteiger partial charge in [0, 0.05) is 10.6 Å². The van der Waals surface area contributed by atoms with Gasteiger partial charge < -0.3 is 4.84 Å². The standard InChI is InChI=1S/C14H15ClF3NO/c1-9(19-20-11-4-2-3-5-11)12-8-10(15)6-7-13(12)14(16,17)18/h6-8,11H,2-5H2,1H3/b19-9+. The molecule has 0 radical (unpaired) electrons. The fraction of sp³-hybridized carbons (Fsp3) is 0.500. The maximum Gasteiger partial charge on any atom is 0.417 e. The van der Waals surface area contributed by atoms with Crippen molar-refractivity contribution in [2.45, 2.75) is 44.9 Å². The lowest BCUT2D eigenvalue weighted by atomic mass is 10.0. The van der Waals surface area contributed by atoms with Crippen molar-refractivity contribution >= 4 is 17.3 Å². The summed E-state index contributed by atoms with van der Waals surface area (Å²) in [7, 11) is 0. The van der Waals surface area contributed by atoms with Crippen molar-refractivity contribution in [3.63, 3.8) is 0 Å². The van der Waals surface area contributed by atoms with Crippen molar-refractivity contribution in [2.75, 3.05) is 0 Å². The van der Waals surface area contributed by atoms with E-state index in [0.29, 0.717) is 0 Å². The molecule has 1 aliphatic carbocycles. The van der Waals surface area contributed by atoms with Gasteiger partial charge in [0.2, 0.25) is 0 Å². The van der Waals surface area contributed by atoms with Crippen LogP contribution in [-0.4, -0.2) is 11.8 Å². The van der Waals surface area contributed by atoms with Crippen LogP contribution in [-0.2, 0) is 11.0 Å². The lowest BCUT2D eigenvalue weighted by Gasteiger charge is -2.13. The van der Waals surface area contributed by atoms with Crippen LogP contribution in [0.4, 0.5) is 13.2 Å². The van der Waals surface area contributed by atoms with Gasteiger partial charge in [-0.05, 0) is 50.8 Å². The molecule has 0 heterocycles. The fourth-order valence-corrected chi connectivity index (χ4v) is 2.43. The number of nitrogens with zero attached hydrogens (tertiary/aromatic N) is 1. The lowest BCUT2D eigenvalue weighted by Crippen LogP contribution is -2.13. The summed E-state index contributed by atoms with van der Waals surface area (Å²) in [5.41, 5.74) is -0.604. The van der Waals surface area contributed by atoms with Crippen LogP contribution < -0.4 is 0 Å². The third kappa shape index (κ3) is 3.66. The molecule has 2 rings (SSSR count). The Kier molecular flexibility index (Phi) is 4.58. The second kappa shape index (κ2) is 6.04. The smallest absolute Gasteiger partial charge is 0.392 e. The van der Waals surface area contributed by atoms with Crippen molar-refractivity contribution in [3.8, 4) is 0 Å². The van der Waals surface area contributed by atoms with Gasteiger partial charge in [-0.25, -0.2) is 0 Å². The highest BCUT2D eigenvalue weighted by Gasteiger charge is 2.34. The van der Waals surface area contributed by atoms with Gasteiger partial charge >= 0.3 is 6.18 Å². The summed E-state index contributed by atoms with van der Waals surface area (Å²) in [6, 6.07) is 3.45. The van der Waals surface area contributed by atoms with Crippen LogP contribution in [0.15, 0.2) is 23.4 Å². The molecule has 1 aromatic carbocycles. The third-order valence-electron chi connectivity index (χ3n) is 3.32. The summed E-state index contributed by atoms with van der Waals surface area (Å²) in [4.78, 5) is 5.30. The van der Waals surface area contributed by atoms with E-state index >= 15 is 0 Å². The summed E-state index contributed by atoms with van der Waals surface area (Å²) in [5.74, 6) is 0. The van der Waals surface area contributed by atoms with Gasteiger partial charge in [-0.15, -0.1) is 0 Å². The van der Waals surface area contributed by atoms with Crippen molar-refractivity contribution in [3.05, 3.63) is 34.3 Å². The molecule has 0 unspecified atom stereocenters. The van der Waals surface area contributed by atoms with Gasteiger partial charge in [0.1, 0.15) is 6.10 Å². The van der Waals surface area contributed by atoms with Crippen LogP contribution in [0, 0.1) is 0 Å². The summed E-state index contributed by atoms with van der Waals surface area (Å²) in [5, 5.41) is 4.09. The van der Waals surface area contributed by atoms with Crippen LogP contribution in [0.3, 0.4) is 0 Å². The minimum Gasteiger partial charge on any atom is -0.392 e. The first-order valence-corrected chi connectivity index (χ1v) is 6.83. The number of alkyl halides is 3. The Bertz CT molecular complexity index is 508. The van der Waals surface area contributed by atoms with E-state index in [1.54, 1.807) is 0 Å².